The second-order valence-corrected chi connectivity index (χ2v) is 4.55. The van der Waals surface area contributed by atoms with E-state index in [0.717, 1.165) is 0 Å². The Kier molecular flexibility index (Phi) is 6.11. The Balaban J connectivity index is 2.68. The van der Waals surface area contributed by atoms with Crippen molar-refractivity contribution in [2.45, 2.75) is 25.8 Å². The number of ether oxygens (including phenoxy) is 1. The lowest BCUT2D eigenvalue weighted by Crippen LogP contribution is -2.38. The predicted octanol–water partition coefficient (Wildman–Crippen LogP) is 2.72. The molecule has 0 aliphatic heterocycles. The van der Waals surface area contributed by atoms with Gasteiger partial charge in [-0.25, -0.2) is 4.79 Å². The zero-order valence-electron chi connectivity index (χ0n) is 11.3. The molecule has 0 saturated heterocycles. The van der Waals surface area contributed by atoms with Crippen LogP contribution >= 0.6 is 11.6 Å². The summed E-state index contributed by atoms with van der Waals surface area (Å²) in [5.74, 6) is -0.404. The van der Waals surface area contributed by atoms with Gasteiger partial charge in [-0.1, -0.05) is 18.5 Å². The first-order valence-corrected chi connectivity index (χ1v) is 6.47. The predicted molar refractivity (Wildman–Crippen MR) is 76.5 cm³/mol. The van der Waals surface area contributed by atoms with Gasteiger partial charge in [-0.05, 0) is 18.6 Å². The van der Waals surface area contributed by atoms with Crippen LogP contribution in [0.25, 0.3) is 0 Å². The molecule has 0 radical (unpaired) electrons. The van der Waals surface area contributed by atoms with E-state index >= 15 is 0 Å². The van der Waals surface area contributed by atoms with Crippen molar-refractivity contribution in [1.29, 1.82) is 0 Å². The van der Waals surface area contributed by atoms with E-state index in [4.69, 9.17) is 21.4 Å². The van der Waals surface area contributed by atoms with Crippen LogP contribution in [-0.4, -0.2) is 30.3 Å². The second-order valence-electron chi connectivity index (χ2n) is 4.15. The van der Waals surface area contributed by atoms with Gasteiger partial charge in [0.15, 0.2) is 0 Å². The molecule has 3 N–H and O–H groups in total. The number of rotatable bonds is 6. The summed E-state index contributed by atoms with van der Waals surface area (Å²) in [6, 6.07) is 3.92. The number of benzene rings is 1. The summed E-state index contributed by atoms with van der Waals surface area (Å²) in [6.07, 6.45) is 0.390. The minimum Gasteiger partial charge on any atom is -0.497 e. The lowest BCUT2D eigenvalue weighted by Gasteiger charge is -2.16. The fraction of sp³-hybridized carbons (Fsp3) is 0.385. The molecule has 1 unspecified atom stereocenters. The Morgan fingerprint density at radius 1 is 1.45 bits per heavy atom. The Morgan fingerprint density at radius 3 is 2.70 bits per heavy atom. The fourth-order valence-corrected chi connectivity index (χ4v) is 1.74. The van der Waals surface area contributed by atoms with Crippen LogP contribution in [0.4, 0.5) is 10.5 Å². The molecule has 20 heavy (non-hydrogen) atoms. The summed E-state index contributed by atoms with van der Waals surface area (Å²) in [5, 5.41) is 14.2. The number of hydrogen-bond donors (Lipinski definition) is 3. The number of carboxylic acids is 1. The van der Waals surface area contributed by atoms with Crippen LogP contribution in [0.2, 0.25) is 5.02 Å². The van der Waals surface area contributed by atoms with E-state index < -0.39 is 18.0 Å². The second kappa shape index (κ2) is 7.59. The van der Waals surface area contributed by atoms with Crippen LogP contribution in [0, 0.1) is 0 Å². The van der Waals surface area contributed by atoms with Crippen molar-refractivity contribution < 1.29 is 19.4 Å². The summed E-state index contributed by atoms with van der Waals surface area (Å²) in [4.78, 5) is 22.4. The SMILES string of the molecule is CCC(CC(=O)O)NC(=O)Nc1cc(OC)ccc1Cl. The van der Waals surface area contributed by atoms with E-state index in [9.17, 15) is 9.59 Å². The first-order chi connectivity index (χ1) is 9.46. The summed E-state index contributed by atoms with van der Waals surface area (Å²) in [5.41, 5.74) is 0.397. The van der Waals surface area contributed by atoms with E-state index in [1.165, 1.54) is 7.11 Å². The van der Waals surface area contributed by atoms with Gasteiger partial charge in [0, 0.05) is 12.1 Å². The molecule has 7 heteroatoms. The van der Waals surface area contributed by atoms with Crippen molar-refractivity contribution in [2.75, 3.05) is 12.4 Å². The number of urea groups is 1. The third-order valence-electron chi connectivity index (χ3n) is 2.67. The van der Waals surface area contributed by atoms with Gasteiger partial charge < -0.3 is 20.5 Å². The summed E-state index contributed by atoms with van der Waals surface area (Å²) in [7, 11) is 1.51. The van der Waals surface area contributed by atoms with Crippen LogP contribution < -0.4 is 15.4 Å². The number of amides is 2. The zero-order chi connectivity index (χ0) is 15.1. The largest absolute Gasteiger partial charge is 0.497 e. The van der Waals surface area contributed by atoms with Gasteiger partial charge in [0.05, 0.1) is 24.2 Å². The minimum atomic E-state index is -0.962. The summed E-state index contributed by atoms with van der Waals surface area (Å²) >= 11 is 5.96. The van der Waals surface area contributed by atoms with Gasteiger partial charge in [-0.3, -0.25) is 4.79 Å². The Hall–Kier alpha value is -1.95. The number of nitrogens with one attached hydrogen (secondary N) is 2. The topological polar surface area (TPSA) is 87.7 Å². The zero-order valence-corrected chi connectivity index (χ0v) is 12.0. The standard InChI is InChI=1S/C13H17ClN2O4/c1-3-8(6-12(17)18)15-13(19)16-11-7-9(20-2)4-5-10(11)14/h4-5,7-8H,3,6H2,1-2H3,(H,17,18)(H2,15,16,19). The van der Waals surface area contributed by atoms with Gasteiger partial charge in [0.25, 0.3) is 0 Å². The van der Waals surface area contributed by atoms with Crippen LogP contribution in [-0.2, 0) is 4.79 Å². The van der Waals surface area contributed by atoms with E-state index in [1.807, 2.05) is 0 Å². The highest BCUT2D eigenvalue weighted by Crippen LogP contribution is 2.26. The maximum Gasteiger partial charge on any atom is 0.319 e. The van der Waals surface area contributed by atoms with Gasteiger partial charge in [0.1, 0.15) is 5.75 Å². The van der Waals surface area contributed by atoms with E-state index in [2.05, 4.69) is 10.6 Å². The monoisotopic (exact) mass is 300 g/mol. The van der Waals surface area contributed by atoms with Crippen LogP contribution in [0.1, 0.15) is 19.8 Å². The van der Waals surface area contributed by atoms with Crippen LogP contribution in [0.5, 0.6) is 5.75 Å². The van der Waals surface area contributed by atoms with Crippen molar-refractivity contribution in [3.8, 4) is 5.75 Å². The van der Waals surface area contributed by atoms with Gasteiger partial charge >= 0.3 is 12.0 Å². The molecular weight excluding hydrogens is 284 g/mol. The van der Waals surface area contributed by atoms with E-state index in [0.29, 0.717) is 22.9 Å². The Labute approximate surface area is 122 Å². The lowest BCUT2D eigenvalue weighted by molar-refractivity contribution is -0.137. The van der Waals surface area contributed by atoms with Gasteiger partial charge in [0.2, 0.25) is 0 Å². The van der Waals surface area contributed by atoms with Crippen molar-refractivity contribution in [3.63, 3.8) is 0 Å². The molecule has 0 aromatic heterocycles. The number of carbonyl (C=O) groups excluding carboxylic acids is 1. The molecule has 0 aliphatic rings. The molecule has 0 saturated carbocycles. The number of anilines is 1. The molecular formula is C13H17ClN2O4. The molecule has 1 aromatic rings. The number of methoxy groups -OCH3 is 1. The number of carboxylic acid groups (broad SMARTS) is 1. The highest BCUT2D eigenvalue weighted by atomic mass is 35.5. The maximum atomic E-state index is 11.8. The molecule has 1 atom stereocenters. The average molecular weight is 301 g/mol. The van der Waals surface area contributed by atoms with Crippen molar-refractivity contribution in [2.24, 2.45) is 0 Å². The summed E-state index contributed by atoms with van der Waals surface area (Å²) in [6.45, 7) is 1.80. The molecule has 0 bridgehead atoms. The fourth-order valence-electron chi connectivity index (χ4n) is 1.58. The van der Waals surface area contributed by atoms with Gasteiger partial charge in [-0.15, -0.1) is 0 Å². The Morgan fingerprint density at radius 2 is 2.15 bits per heavy atom. The van der Waals surface area contributed by atoms with Crippen molar-refractivity contribution in [3.05, 3.63) is 23.2 Å². The normalized spacial score (nSPS) is 11.6. The number of halogens is 1. The molecule has 110 valence electrons. The van der Waals surface area contributed by atoms with E-state index in [-0.39, 0.29) is 6.42 Å². The maximum absolute atomic E-state index is 11.8. The average Bonchev–Trinajstić information content (AvgIpc) is 2.40. The molecule has 0 heterocycles. The number of hydrogen-bond acceptors (Lipinski definition) is 3. The molecule has 2 amide bonds. The molecule has 0 spiro atoms. The third kappa shape index (κ3) is 4.97. The number of carbonyl (C=O) groups is 2. The highest BCUT2D eigenvalue weighted by Gasteiger charge is 2.15. The van der Waals surface area contributed by atoms with Crippen LogP contribution in [0.15, 0.2) is 18.2 Å². The van der Waals surface area contributed by atoms with Gasteiger partial charge in [-0.2, -0.15) is 0 Å². The smallest absolute Gasteiger partial charge is 0.319 e. The molecule has 1 rings (SSSR count). The highest BCUT2D eigenvalue weighted by molar-refractivity contribution is 6.33. The Bertz CT molecular complexity index is 493. The molecule has 6 nitrogen and oxygen atoms in total. The minimum absolute atomic E-state index is 0.129. The molecule has 1 aromatic carbocycles. The lowest BCUT2D eigenvalue weighted by atomic mass is 10.1. The van der Waals surface area contributed by atoms with Crippen molar-refractivity contribution in [1.82, 2.24) is 5.32 Å². The van der Waals surface area contributed by atoms with E-state index in [1.54, 1.807) is 25.1 Å². The number of aliphatic carboxylic acids is 1. The first-order valence-electron chi connectivity index (χ1n) is 6.09. The third-order valence-corrected chi connectivity index (χ3v) is 3.00. The summed E-state index contributed by atoms with van der Waals surface area (Å²) < 4.78 is 5.04. The van der Waals surface area contributed by atoms with Crippen molar-refractivity contribution >= 4 is 29.3 Å². The molecule has 0 aliphatic carbocycles. The quantitative estimate of drug-likeness (QED) is 0.754. The molecule has 0 fully saturated rings. The first kappa shape index (κ1) is 16.1. The van der Waals surface area contributed by atoms with Crippen LogP contribution in [0.3, 0.4) is 0 Å².